The number of hydrogen-bond acceptors (Lipinski definition) is 0. The Morgan fingerprint density at radius 3 is 1.22 bits per heavy atom. The maximum absolute atomic E-state index is 2.85. The van der Waals surface area contributed by atoms with Gasteiger partial charge in [0.15, 0.2) is 0 Å². The molecule has 10 rings (SSSR count). The first kappa shape index (κ1) is 39.5. The summed E-state index contributed by atoms with van der Waals surface area (Å²) in [6, 6.07) is 34.4. The van der Waals surface area contributed by atoms with Gasteiger partial charge in [0.2, 0.25) is 0 Å². The summed E-state index contributed by atoms with van der Waals surface area (Å²) in [5.74, 6) is 1.54. The first-order valence-electron chi connectivity index (χ1n) is 22.1. The van der Waals surface area contributed by atoms with Gasteiger partial charge in [0.05, 0.1) is 0 Å². The number of aryl methyl sites for hydroxylation is 2. The van der Waals surface area contributed by atoms with Crippen LogP contribution in [0.2, 0.25) is 8.45 Å². The summed E-state index contributed by atoms with van der Waals surface area (Å²) in [7, 11) is 0. The van der Waals surface area contributed by atoms with E-state index in [9.17, 15) is 0 Å². The van der Waals surface area contributed by atoms with E-state index in [0.29, 0.717) is 8.45 Å². The molecule has 0 bridgehead atoms. The van der Waals surface area contributed by atoms with E-state index in [1.807, 2.05) is 11.1 Å². The van der Waals surface area contributed by atoms with Gasteiger partial charge in [-0.3, -0.25) is 0 Å². The fourth-order valence-corrected chi connectivity index (χ4v) is 27.4. The Morgan fingerprint density at radius 1 is 0.455 bits per heavy atom. The van der Waals surface area contributed by atoms with E-state index in [1.54, 1.807) is 22.3 Å². The molecule has 4 aromatic carbocycles. The summed E-state index contributed by atoms with van der Waals surface area (Å²) in [5.41, 5.74) is 19.3. The molecule has 0 N–H and O–H groups in total. The molecule has 3 saturated carbocycles. The van der Waals surface area contributed by atoms with Gasteiger partial charge in [-0.1, -0.05) is 0 Å². The Balaban J connectivity index is 0.00000214. The van der Waals surface area contributed by atoms with E-state index in [0.717, 1.165) is 33.1 Å². The van der Waals surface area contributed by atoms with Crippen LogP contribution in [0.25, 0.3) is 34.4 Å². The van der Waals surface area contributed by atoms with E-state index in [1.165, 1.54) is 123 Å². The van der Waals surface area contributed by atoms with Crippen molar-refractivity contribution in [2.75, 3.05) is 0 Å². The number of rotatable bonds is 8. The van der Waals surface area contributed by atoms with Gasteiger partial charge >= 0.3 is 326 Å². The molecule has 4 fully saturated rings. The SMILES string of the molecule is CCc1ccc(-c2cccc3c2C=C(C2CCCCC2)[CH]3[Ti+2]2([CH]3C(C4CCCCC4)=Cc4c(-c5ccc(CC)cc5)cccc43)[CH]3CCCC[CH]32)cc1.[Cl-].[Cl-]. The monoisotopic (exact) mass is 802 g/mol. The van der Waals surface area contributed by atoms with E-state index in [-0.39, 0.29) is 24.8 Å². The minimum absolute atomic E-state index is 0. The molecule has 4 aromatic rings. The van der Waals surface area contributed by atoms with Crippen LogP contribution in [0, 0.1) is 11.8 Å². The zero-order valence-electron chi connectivity index (χ0n) is 33.3. The Bertz CT molecular complexity index is 1890. The van der Waals surface area contributed by atoms with Crippen molar-refractivity contribution in [1.82, 2.24) is 0 Å². The molecule has 0 aromatic heterocycles. The molecule has 4 unspecified atom stereocenters. The molecule has 1 aliphatic heterocycles. The van der Waals surface area contributed by atoms with Crippen LogP contribution >= 0.6 is 0 Å². The van der Waals surface area contributed by atoms with Gasteiger partial charge in [0.1, 0.15) is 0 Å². The Morgan fingerprint density at radius 2 is 0.836 bits per heavy atom. The van der Waals surface area contributed by atoms with Crippen LogP contribution < -0.4 is 24.8 Å². The molecule has 286 valence electrons. The molecule has 55 heavy (non-hydrogen) atoms. The average molecular weight is 804 g/mol. The second-order valence-electron chi connectivity index (χ2n) is 18.0. The second-order valence-corrected chi connectivity index (χ2v) is 25.3. The Labute approximate surface area is 348 Å². The molecule has 0 nitrogen and oxygen atoms in total. The topological polar surface area (TPSA) is 0 Å². The van der Waals surface area contributed by atoms with Crippen LogP contribution in [-0.2, 0) is 29.4 Å². The van der Waals surface area contributed by atoms with Gasteiger partial charge in [0.25, 0.3) is 0 Å². The average Bonchev–Trinajstić information content (AvgIpc) is 3.49. The minimum atomic E-state index is -2.79. The third kappa shape index (κ3) is 6.62. The number of benzene rings is 4. The fourth-order valence-electron chi connectivity index (χ4n) is 13.1. The first-order chi connectivity index (χ1) is 26.2. The fraction of sp³-hybridized carbons (Fsp3) is 0.462. The van der Waals surface area contributed by atoms with Crippen molar-refractivity contribution in [3.05, 3.63) is 129 Å². The first-order valence-corrected chi connectivity index (χ1v) is 25.7. The molecule has 5 aliphatic carbocycles. The Hall–Kier alpha value is -2.35. The molecular weight excluding hydrogens is 743 g/mol. The van der Waals surface area contributed by atoms with E-state index in [2.05, 4.69) is 111 Å². The molecule has 6 aliphatic rings. The van der Waals surface area contributed by atoms with Crippen LogP contribution in [0.5, 0.6) is 0 Å². The van der Waals surface area contributed by atoms with Crippen LogP contribution in [0.4, 0.5) is 0 Å². The maximum atomic E-state index is 2.85. The summed E-state index contributed by atoms with van der Waals surface area (Å²) in [5, 5.41) is 0. The van der Waals surface area contributed by atoms with Crippen molar-refractivity contribution in [2.24, 2.45) is 11.8 Å². The predicted molar refractivity (Wildman–Crippen MR) is 223 cm³/mol. The summed E-state index contributed by atoms with van der Waals surface area (Å²) in [6.45, 7) is 4.56. The standard InChI is InChI=1S/2C23H25.C6H10.2ClH.Ti/c2*1-2-17-11-13-19(14-12-17)22-10-6-9-20-15-21(16-23(20)22)18-7-4-3-5-8-18;1-2-4-6-5-3-1;;;/h2*6,9-16,18H,2-5,7-8H2,1H3;1-2H,3-6H2;2*1H;/q;;;;;+2/p-2. The quantitative estimate of drug-likeness (QED) is 0.156. The third-order valence-corrected chi connectivity index (χ3v) is 26.3. The van der Waals surface area contributed by atoms with Gasteiger partial charge < -0.3 is 24.8 Å². The normalized spacial score (nSPS) is 26.0. The van der Waals surface area contributed by atoms with Gasteiger partial charge in [-0.2, -0.15) is 0 Å². The smallest absolute Gasteiger partial charge is 1.00 e. The van der Waals surface area contributed by atoms with Gasteiger partial charge in [-0.15, -0.1) is 0 Å². The van der Waals surface area contributed by atoms with E-state index >= 15 is 0 Å². The summed E-state index contributed by atoms with van der Waals surface area (Å²) < 4.78 is 3.45. The van der Waals surface area contributed by atoms with Gasteiger partial charge in [-0.05, 0) is 0 Å². The summed E-state index contributed by atoms with van der Waals surface area (Å²) >= 11 is -2.79. The van der Waals surface area contributed by atoms with Crippen LogP contribution in [0.15, 0.2) is 96.1 Å². The van der Waals surface area contributed by atoms with Crippen molar-refractivity contribution in [3.63, 3.8) is 0 Å². The predicted octanol–water partition coefficient (Wildman–Crippen LogP) is 9.21. The molecule has 1 heterocycles. The number of hydrogen-bond donors (Lipinski definition) is 0. The third-order valence-electron chi connectivity index (χ3n) is 15.6. The number of fused-ring (bicyclic) bond motifs is 3. The zero-order chi connectivity index (χ0) is 35.5. The molecular formula is C52H60Cl2Ti. The van der Waals surface area contributed by atoms with Crippen molar-refractivity contribution < 1.29 is 41.4 Å². The molecule has 0 amide bonds. The molecule has 1 saturated heterocycles. The van der Waals surface area contributed by atoms with Crippen LogP contribution in [0.1, 0.15) is 146 Å². The van der Waals surface area contributed by atoms with Crippen molar-refractivity contribution in [3.8, 4) is 22.3 Å². The summed E-state index contributed by atoms with van der Waals surface area (Å²) in [6.07, 6.45) is 28.0. The van der Waals surface area contributed by atoms with Crippen molar-refractivity contribution in [1.29, 1.82) is 0 Å². The Kier molecular flexibility index (Phi) is 11.8. The minimum Gasteiger partial charge on any atom is -1.00 e. The van der Waals surface area contributed by atoms with Crippen LogP contribution in [0.3, 0.4) is 0 Å². The zero-order valence-corrected chi connectivity index (χ0v) is 36.3. The molecule has 0 spiro atoms. The molecule has 3 heteroatoms. The van der Waals surface area contributed by atoms with E-state index < -0.39 is 16.6 Å². The number of allylic oxidation sites excluding steroid dienone is 2. The van der Waals surface area contributed by atoms with Gasteiger partial charge in [-0.25, -0.2) is 0 Å². The number of halogens is 2. The molecule has 0 radical (unpaired) electrons. The van der Waals surface area contributed by atoms with E-state index in [4.69, 9.17) is 0 Å². The summed E-state index contributed by atoms with van der Waals surface area (Å²) in [4.78, 5) is 0. The van der Waals surface area contributed by atoms with Crippen LogP contribution in [-0.4, -0.2) is 0 Å². The molecule has 4 atom stereocenters. The largest absolute Gasteiger partial charge is 1.00 e. The van der Waals surface area contributed by atoms with Crippen molar-refractivity contribution >= 4 is 12.2 Å². The van der Waals surface area contributed by atoms with Gasteiger partial charge in [0, 0.05) is 0 Å². The second kappa shape index (κ2) is 16.5. The maximum Gasteiger partial charge on any atom is -1.00 e. The van der Waals surface area contributed by atoms with Crippen molar-refractivity contribution in [2.45, 2.75) is 133 Å².